The Hall–Kier alpha value is -1.10. The molecule has 124 valence electrons. The van der Waals surface area contributed by atoms with E-state index in [-0.39, 0.29) is 12.1 Å². The second kappa shape index (κ2) is 13.9. The quantitative estimate of drug-likeness (QED) is 0.756. The molecule has 4 nitrogen and oxygen atoms in total. The monoisotopic (exact) mass is 316 g/mol. The van der Waals surface area contributed by atoms with Crippen molar-refractivity contribution >= 4 is 17.4 Å². The van der Waals surface area contributed by atoms with Gasteiger partial charge in [0.05, 0.1) is 11.6 Å². The van der Waals surface area contributed by atoms with Gasteiger partial charge in [-0.3, -0.25) is 0 Å². The zero-order chi connectivity index (χ0) is 16.8. The number of thiazole rings is 1. The van der Waals surface area contributed by atoms with Gasteiger partial charge in [-0.25, -0.2) is 9.78 Å². The van der Waals surface area contributed by atoms with Gasteiger partial charge < -0.3 is 9.64 Å². The number of hydrogen-bond acceptors (Lipinski definition) is 4. The molecular formula is C16H32N2O2S. The molecule has 0 atom stereocenters. The number of amides is 1. The van der Waals surface area contributed by atoms with Crippen LogP contribution in [-0.2, 0) is 4.74 Å². The highest BCUT2D eigenvalue weighted by Gasteiger charge is 2.23. The number of aromatic nitrogens is 1. The van der Waals surface area contributed by atoms with E-state index in [2.05, 4.69) is 18.8 Å². The third-order valence-corrected chi connectivity index (χ3v) is 3.44. The van der Waals surface area contributed by atoms with Crippen LogP contribution in [0.1, 0.15) is 66.3 Å². The largest absolute Gasteiger partial charge is 0.448 e. The van der Waals surface area contributed by atoms with Crippen LogP contribution in [0.3, 0.4) is 0 Å². The standard InChI is InChI=1S/C6H11NO2.C6H9NS.2C2H6/c1-5(2)7-3-4-9-6(7)8;1-5(2)6-7-3-4-8-6;2*1-2/h5H,3-4H2,1-2H3;3-5H,1-2H3;2*1-2H3. The molecule has 0 aromatic carbocycles. The molecule has 0 saturated carbocycles. The molecule has 0 N–H and O–H groups in total. The Morgan fingerprint density at radius 2 is 1.76 bits per heavy atom. The van der Waals surface area contributed by atoms with E-state index < -0.39 is 0 Å². The van der Waals surface area contributed by atoms with E-state index in [1.165, 1.54) is 5.01 Å². The fourth-order valence-corrected chi connectivity index (χ4v) is 2.05. The van der Waals surface area contributed by atoms with E-state index in [1.54, 1.807) is 16.2 Å². The van der Waals surface area contributed by atoms with Crippen LogP contribution in [0, 0.1) is 0 Å². The second-order valence-electron chi connectivity index (χ2n) is 4.43. The molecule has 21 heavy (non-hydrogen) atoms. The maximum atomic E-state index is 10.7. The van der Waals surface area contributed by atoms with Gasteiger partial charge in [0.15, 0.2) is 0 Å². The molecule has 0 bridgehead atoms. The third-order valence-electron chi connectivity index (χ3n) is 2.36. The second-order valence-corrected chi connectivity index (χ2v) is 5.35. The highest BCUT2D eigenvalue weighted by Crippen LogP contribution is 2.15. The Balaban J connectivity index is 0. The van der Waals surface area contributed by atoms with E-state index in [0.29, 0.717) is 12.5 Å². The molecule has 2 heterocycles. The van der Waals surface area contributed by atoms with E-state index in [4.69, 9.17) is 4.74 Å². The summed E-state index contributed by atoms with van der Waals surface area (Å²) in [5.74, 6) is 0.593. The Morgan fingerprint density at radius 1 is 1.19 bits per heavy atom. The van der Waals surface area contributed by atoms with Gasteiger partial charge in [-0.05, 0) is 13.8 Å². The van der Waals surface area contributed by atoms with Gasteiger partial charge in [0.25, 0.3) is 0 Å². The summed E-state index contributed by atoms with van der Waals surface area (Å²) in [6.45, 7) is 17.6. The number of carbonyl (C=O) groups excluding carboxylic acids is 1. The van der Waals surface area contributed by atoms with Crippen molar-refractivity contribution in [1.82, 2.24) is 9.88 Å². The van der Waals surface area contributed by atoms with Crippen molar-refractivity contribution < 1.29 is 9.53 Å². The molecule has 2 rings (SSSR count). The SMILES string of the molecule is CC.CC.CC(C)N1CCOC1=O.CC(C)c1nccs1. The lowest BCUT2D eigenvalue weighted by Crippen LogP contribution is -2.31. The first kappa shape index (κ1) is 22.2. The van der Waals surface area contributed by atoms with Crippen molar-refractivity contribution in [2.75, 3.05) is 13.2 Å². The minimum absolute atomic E-state index is 0.176. The smallest absolute Gasteiger partial charge is 0.410 e. The van der Waals surface area contributed by atoms with Gasteiger partial charge in [0, 0.05) is 23.5 Å². The molecular weight excluding hydrogens is 284 g/mol. The van der Waals surface area contributed by atoms with Crippen LogP contribution in [-0.4, -0.2) is 35.2 Å². The zero-order valence-corrected chi connectivity index (χ0v) is 15.7. The van der Waals surface area contributed by atoms with Crippen molar-refractivity contribution in [1.29, 1.82) is 0 Å². The van der Waals surface area contributed by atoms with Crippen LogP contribution < -0.4 is 0 Å². The molecule has 0 aliphatic carbocycles. The number of cyclic esters (lactones) is 1. The Morgan fingerprint density at radius 3 is 1.95 bits per heavy atom. The van der Waals surface area contributed by atoms with Crippen molar-refractivity contribution in [3.63, 3.8) is 0 Å². The summed E-state index contributed by atoms with van der Waals surface area (Å²) in [6.07, 6.45) is 1.67. The van der Waals surface area contributed by atoms with Crippen molar-refractivity contribution in [3.8, 4) is 0 Å². The average Bonchev–Trinajstić information content (AvgIpc) is 3.14. The maximum absolute atomic E-state index is 10.7. The van der Waals surface area contributed by atoms with Crippen LogP contribution in [0.25, 0.3) is 0 Å². The van der Waals surface area contributed by atoms with E-state index >= 15 is 0 Å². The predicted molar refractivity (Wildman–Crippen MR) is 92.1 cm³/mol. The van der Waals surface area contributed by atoms with Crippen LogP contribution in [0.4, 0.5) is 4.79 Å². The van der Waals surface area contributed by atoms with Gasteiger partial charge >= 0.3 is 6.09 Å². The number of rotatable bonds is 2. The summed E-state index contributed by atoms with van der Waals surface area (Å²) < 4.78 is 4.71. The molecule has 1 aliphatic heterocycles. The summed E-state index contributed by atoms with van der Waals surface area (Å²) in [4.78, 5) is 16.6. The summed E-state index contributed by atoms with van der Waals surface area (Å²) >= 11 is 1.72. The van der Waals surface area contributed by atoms with Gasteiger partial charge in [0.1, 0.15) is 6.61 Å². The van der Waals surface area contributed by atoms with Gasteiger partial charge in [-0.15, -0.1) is 11.3 Å². The van der Waals surface area contributed by atoms with Crippen LogP contribution in [0.15, 0.2) is 11.6 Å². The first-order valence-corrected chi connectivity index (χ1v) is 8.73. The molecule has 0 radical (unpaired) electrons. The molecule has 1 aromatic rings. The topological polar surface area (TPSA) is 42.4 Å². The lowest BCUT2D eigenvalue weighted by molar-refractivity contribution is 0.152. The zero-order valence-electron chi connectivity index (χ0n) is 14.8. The van der Waals surface area contributed by atoms with Gasteiger partial charge in [0.2, 0.25) is 0 Å². The number of nitrogens with zero attached hydrogens (tertiary/aromatic N) is 2. The third kappa shape index (κ3) is 9.45. The normalized spacial score (nSPS) is 12.7. The molecule has 0 spiro atoms. The summed E-state index contributed by atoms with van der Waals surface area (Å²) in [6, 6.07) is 0.278. The summed E-state index contributed by atoms with van der Waals surface area (Å²) in [5.41, 5.74) is 0. The minimum Gasteiger partial charge on any atom is -0.448 e. The predicted octanol–water partition coefficient (Wildman–Crippen LogP) is 5.17. The van der Waals surface area contributed by atoms with Crippen molar-refractivity contribution in [3.05, 3.63) is 16.6 Å². The van der Waals surface area contributed by atoms with E-state index in [9.17, 15) is 4.79 Å². The van der Waals surface area contributed by atoms with Gasteiger partial charge in [-0.2, -0.15) is 0 Å². The van der Waals surface area contributed by atoms with E-state index in [1.807, 2.05) is 53.1 Å². The Labute approximate surface area is 134 Å². The molecule has 1 saturated heterocycles. The van der Waals surface area contributed by atoms with Crippen LogP contribution in [0.2, 0.25) is 0 Å². The maximum Gasteiger partial charge on any atom is 0.410 e. The number of carbonyl (C=O) groups is 1. The fraction of sp³-hybridized carbons (Fsp3) is 0.750. The van der Waals surface area contributed by atoms with Crippen LogP contribution in [0.5, 0.6) is 0 Å². The average molecular weight is 317 g/mol. The molecule has 5 heteroatoms. The molecule has 1 aliphatic rings. The number of hydrogen-bond donors (Lipinski definition) is 0. The lowest BCUT2D eigenvalue weighted by atomic mass is 10.2. The summed E-state index contributed by atoms with van der Waals surface area (Å²) in [7, 11) is 0. The number of ether oxygens (including phenoxy) is 1. The fourth-order valence-electron chi connectivity index (χ4n) is 1.39. The first-order valence-electron chi connectivity index (χ1n) is 7.85. The Kier molecular flexibility index (Phi) is 14.6. The highest BCUT2D eigenvalue weighted by molar-refractivity contribution is 7.09. The van der Waals surface area contributed by atoms with Crippen molar-refractivity contribution in [2.24, 2.45) is 0 Å². The minimum atomic E-state index is -0.176. The Bertz CT molecular complexity index is 338. The van der Waals surface area contributed by atoms with Crippen molar-refractivity contribution in [2.45, 2.75) is 67.3 Å². The summed E-state index contributed by atoms with van der Waals surface area (Å²) in [5, 5.41) is 3.24. The molecule has 0 unspecified atom stereocenters. The van der Waals surface area contributed by atoms with Gasteiger partial charge in [-0.1, -0.05) is 41.5 Å². The molecule has 1 amide bonds. The van der Waals surface area contributed by atoms with E-state index in [0.717, 1.165) is 6.54 Å². The lowest BCUT2D eigenvalue weighted by Gasteiger charge is -2.15. The molecule has 1 aromatic heterocycles. The first-order chi connectivity index (χ1) is 10.0. The van der Waals surface area contributed by atoms with Crippen LogP contribution >= 0.6 is 11.3 Å². The highest BCUT2D eigenvalue weighted by atomic mass is 32.1. The molecule has 1 fully saturated rings.